The first-order valence-corrected chi connectivity index (χ1v) is 5.91. The van der Waals surface area contributed by atoms with Gasteiger partial charge in [0.05, 0.1) is 6.61 Å². The first kappa shape index (κ1) is 10.1. The summed E-state index contributed by atoms with van der Waals surface area (Å²) >= 11 is 1.75. The molecule has 1 heterocycles. The van der Waals surface area contributed by atoms with E-state index in [0.717, 1.165) is 4.88 Å². The Bertz CT molecular complexity index is 283. The molecule has 0 aliphatic heterocycles. The molecule has 0 aromatic carbocycles. The molecule has 3 heteroatoms. The summed E-state index contributed by atoms with van der Waals surface area (Å²) in [7, 11) is 1.62. The van der Waals surface area contributed by atoms with Gasteiger partial charge in [-0.05, 0) is 37.3 Å². The number of aliphatic hydroxyl groups is 1. The molecule has 1 aromatic rings. The Balaban J connectivity index is 2.15. The van der Waals surface area contributed by atoms with Gasteiger partial charge in [-0.1, -0.05) is 0 Å². The summed E-state index contributed by atoms with van der Waals surface area (Å²) in [5, 5.41) is 9.76. The quantitative estimate of drug-likeness (QED) is 0.833. The first-order valence-electron chi connectivity index (χ1n) is 5.09. The zero-order valence-corrected chi connectivity index (χ0v) is 9.27. The molecule has 78 valence electrons. The molecule has 1 N–H and O–H groups in total. The average molecular weight is 212 g/mol. The smallest absolute Gasteiger partial charge is 0.111 e. The predicted molar refractivity (Wildman–Crippen MR) is 57.8 cm³/mol. The number of fused-ring (bicyclic) bond motifs is 1. The molecule has 0 radical (unpaired) electrons. The highest BCUT2D eigenvalue weighted by atomic mass is 32.1. The second-order valence-corrected chi connectivity index (χ2v) is 4.94. The van der Waals surface area contributed by atoms with Crippen molar-refractivity contribution in [3.05, 3.63) is 21.4 Å². The lowest BCUT2D eigenvalue weighted by molar-refractivity contribution is 0.0666. The van der Waals surface area contributed by atoms with Crippen LogP contribution in [0.4, 0.5) is 0 Å². The Morgan fingerprint density at radius 3 is 3.00 bits per heavy atom. The molecule has 1 unspecified atom stereocenters. The minimum Gasteiger partial charge on any atom is -0.385 e. The molecule has 14 heavy (non-hydrogen) atoms. The lowest BCUT2D eigenvalue weighted by Crippen LogP contribution is -2.02. The van der Waals surface area contributed by atoms with Gasteiger partial charge >= 0.3 is 0 Å². The van der Waals surface area contributed by atoms with Crippen molar-refractivity contribution in [3.63, 3.8) is 0 Å². The topological polar surface area (TPSA) is 29.5 Å². The number of ether oxygens (including phenoxy) is 1. The number of hydrogen-bond acceptors (Lipinski definition) is 3. The van der Waals surface area contributed by atoms with Gasteiger partial charge < -0.3 is 9.84 Å². The Labute approximate surface area is 88.5 Å². The van der Waals surface area contributed by atoms with Crippen molar-refractivity contribution in [3.8, 4) is 0 Å². The summed E-state index contributed by atoms with van der Waals surface area (Å²) < 4.78 is 4.95. The standard InChI is InChI=1S/C11H16O2S/c1-13-7-9(12)11-6-8-4-2-3-5-10(8)14-11/h6,9,12H,2-5,7H2,1H3. The van der Waals surface area contributed by atoms with Crippen LogP contribution in [0.5, 0.6) is 0 Å². The molecule has 0 spiro atoms. The van der Waals surface area contributed by atoms with Crippen LogP contribution in [0.15, 0.2) is 6.07 Å². The van der Waals surface area contributed by atoms with E-state index in [1.807, 2.05) is 0 Å². The van der Waals surface area contributed by atoms with Crippen molar-refractivity contribution < 1.29 is 9.84 Å². The highest BCUT2D eigenvalue weighted by Gasteiger charge is 2.17. The van der Waals surface area contributed by atoms with Gasteiger partial charge in [0.1, 0.15) is 6.10 Å². The fourth-order valence-corrected chi connectivity index (χ4v) is 3.15. The van der Waals surface area contributed by atoms with Gasteiger partial charge in [0.15, 0.2) is 0 Å². The van der Waals surface area contributed by atoms with Crippen LogP contribution in [0.2, 0.25) is 0 Å². The maximum absolute atomic E-state index is 9.76. The second kappa shape index (κ2) is 4.43. The van der Waals surface area contributed by atoms with Crippen molar-refractivity contribution in [1.29, 1.82) is 0 Å². The van der Waals surface area contributed by atoms with Crippen LogP contribution < -0.4 is 0 Å². The van der Waals surface area contributed by atoms with E-state index in [0.29, 0.717) is 6.61 Å². The molecule has 0 saturated carbocycles. The summed E-state index contributed by atoms with van der Waals surface area (Å²) in [4.78, 5) is 2.54. The summed E-state index contributed by atoms with van der Waals surface area (Å²) in [5.41, 5.74) is 1.45. The van der Waals surface area contributed by atoms with E-state index in [1.165, 1.54) is 36.1 Å². The van der Waals surface area contributed by atoms with E-state index in [9.17, 15) is 5.11 Å². The monoisotopic (exact) mass is 212 g/mol. The lowest BCUT2D eigenvalue weighted by atomic mass is 9.99. The van der Waals surface area contributed by atoms with Gasteiger partial charge in [-0.2, -0.15) is 0 Å². The zero-order chi connectivity index (χ0) is 9.97. The number of methoxy groups -OCH3 is 1. The Kier molecular flexibility index (Phi) is 3.21. The molecule has 2 nitrogen and oxygen atoms in total. The molecule has 1 atom stereocenters. The molecular weight excluding hydrogens is 196 g/mol. The number of thiophene rings is 1. The Hall–Kier alpha value is -0.380. The molecule has 0 fully saturated rings. The first-order chi connectivity index (χ1) is 6.81. The fourth-order valence-electron chi connectivity index (χ4n) is 1.92. The third-order valence-corrected chi connectivity index (χ3v) is 4.01. The minimum atomic E-state index is -0.435. The van der Waals surface area contributed by atoms with Crippen LogP contribution in [0.25, 0.3) is 0 Å². The van der Waals surface area contributed by atoms with Crippen LogP contribution >= 0.6 is 11.3 Å². The van der Waals surface area contributed by atoms with E-state index in [-0.39, 0.29) is 0 Å². The third kappa shape index (κ3) is 2.00. The predicted octanol–water partition coefficient (Wildman–Crippen LogP) is 2.31. The van der Waals surface area contributed by atoms with E-state index in [1.54, 1.807) is 18.4 Å². The van der Waals surface area contributed by atoms with Crippen LogP contribution in [-0.4, -0.2) is 18.8 Å². The van der Waals surface area contributed by atoms with Crippen molar-refractivity contribution in [2.75, 3.05) is 13.7 Å². The van der Waals surface area contributed by atoms with Crippen LogP contribution in [0.1, 0.15) is 34.3 Å². The average Bonchev–Trinajstić information content (AvgIpc) is 2.61. The van der Waals surface area contributed by atoms with Crippen molar-refractivity contribution in [1.82, 2.24) is 0 Å². The summed E-state index contributed by atoms with van der Waals surface area (Å²) in [6.07, 6.45) is 4.54. The van der Waals surface area contributed by atoms with Crippen molar-refractivity contribution >= 4 is 11.3 Å². The highest BCUT2D eigenvalue weighted by molar-refractivity contribution is 7.12. The molecule has 2 rings (SSSR count). The molecule has 0 saturated heterocycles. The number of aryl methyl sites for hydroxylation is 2. The molecule has 1 aliphatic rings. The molecule has 0 bridgehead atoms. The molecule has 1 aliphatic carbocycles. The van der Waals surface area contributed by atoms with Gasteiger partial charge in [-0.15, -0.1) is 11.3 Å². The maximum atomic E-state index is 9.76. The molecule has 0 amide bonds. The second-order valence-electron chi connectivity index (χ2n) is 3.78. The SMILES string of the molecule is COCC(O)c1cc2c(s1)CCCC2. The zero-order valence-electron chi connectivity index (χ0n) is 8.45. The van der Waals surface area contributed by atoms with Crippen LogP contribution in [0.3, 0.4) is 0 Å². The highest BCUT2D eigenvalue weighted by Crippen LogP contribution is 2.32. The van der Waals surface area contributed by atoms with Gasteiger partial charge in [-0.3, -0.25) is 0 Å². The largest absolute Gasteiger partial charge is 0.385 e. The number of aliphatic hydroxyl groups excluding tert-OH is 1. The minimum absolute atomic E-state index is 0.402. The fraction of sp³-hybridized carbons (Fsp3) is 0.636. The lowest BCUT2D eigenvalue weighted by Gasteiger charge is -2.08. The van der Waals surface area contributed by atoms with Crippen molar-refractivity contribution in [2.45, 2.75) is 31.8 Å². The number of hydrogen-bond donors (Lipinski definition) is 1. The van der Waals surface area contributed by atoms with E-state index >= 15 is 0 Å². The van der Waals surface area contributed by atoms with E-state index in [4.69, 9.17) is 4.74 Å². The third-order valence-electron chi connectivity index (χ3n) is 2.67. The van der Waals surface area contributed by atoms with Gasteiger partial charge in [0.2, 0.25) is 0 Å². The molecule has 1 aromatic heterocycles. The number of rotatable bonds is 3. The van der Waals surface area contributed by atoms with Gasteiger partial charge in [-0.25, -0.2) is 0 Å². The van der Waals surface area contributed by atoms with Gasteiger partial charge in [0, 0.05) is 16.9 Å². The van der Waals surface area contributed by atoms with Crippen LogP contribution in [-0.2, 0) is 17.6 Å². The van der Waals surface area contributed by atoms with Gasteiger partial charge in [0.25, 0.3) is 0 Å². The van der Waals surface area contributed by atoms with E-state index in [2.05, 4.69) is 6.07 Å². The summed E-state index contributed by atoms with van der Waals surface area (Å²) in [6.45, 7) is 0.402. The van der Waals surface area contributed by atoms with Crippen molar-refractivity contribution in [2.24, 2.45) is 0 Å². The molecular formula is C11H16O2S. The summed E-state index contributed by atoms with van der Waals surface area (Å²) in [5.74, 6) is 0. The normalized spacial score (nSPS) is 17.9. The Morgan fingerprint density at radius 1 is 1.50 bits per heavy atom. The van der Waals surface area contributed by atoms with Crippen LogP contribution in [0, 0.1) is 0 Å². The van der Waals surface area contributed by atoms with E-state index < -0.39 is 6.10 Å². The summed E-state index contributed by atoms with van der Waals surface area (Å²) in [6, 6.07) is 2.16. The maximum Gasteiger partial charge on any atom is 0.111 e. The Morgan fingerprint density at radius 2 is 2.29 bits per heavy atom.